The van der Waals surface area contributed by atoms with Gasteiger partial charge in [0.2, 0.25) is 0 Å². The van der Waals surface area contributed by atoms with Crippen molar-refractivity contribution in [2.24, 2.45) is 4.99 Å². The van der Waals surface area contributed by atoms with Gasteiger partial charge in [0.25, 0.3) is 0 Å². The normalized spacial score (nSPS) is 18.3. The molecular formula is C20H24N2O4S. The van der Waals surface area contributed by atoms with E-state index in [-0.39, 0.29) is 12.0 Å². The summed E-state index contributed by atoms with van der Waals surface area (Å²) in [5.41, 5.74) is 2.07. The molecule has 1 atom stereocenters. The Morgan fingerprint density at radius 3 is 2.67 bits per heavy atom. The number of esters is 1. The first-order valence-corrected chi connectivity index (χ1v) is 9.96. The highest BCUT2D eigenvalue weighted by Crippen LogP contribution is 2.44. The van der Waals surface area contributed by atoms with Crippen LogP contribution in [0.3, 0.4) is 0 Å². The number of ether oxygens (including phenoxy) is 3. The van der Waals surface area contributed by atoms with Gasteiger partial charge in [-0.15, -0.1) is 0 Å². The molecule has 144 valence electrons. The van der Waals surface area contributed by atoms with Crippen LogP contribution < -0.4 is 9.47 Å². The number of hydrogen-bond donors (Lipinski definition) is 0. The van der Waals surface area contributed by atoms with Gasteiger partial charge in [0.05, 0.1) is 37.1 Å². The SMILES string of the molecule is CCOC(=O)C1=C(C)N=C2SC=CN2C1c1ccc(OCC)cc1OCC. The molecule has 0 N–H and O–H groups in total. The number of carbonyl (C=O) groups is 1. The Morgan fingerprint density at radius 1 is 1.19 bits per heavy atom. The van der Waals surface area contributed by atoms with Crippen LogP contribution in [-0.2, 0) is 9.53 Å². The number of hydrogen-bond acceptors (Lipinski definition) is 7. The maximum absolute atomic E-state index is 12.7. The summed E-state index contributed by atoms with van der Waals surface area (Å²) < 4.78 is 16.8. The minimum Gasteiger partial charge on any atom is -0.494 e. The summed E-state index contributed by atoms with van der Waals surface area (Å²) in [6, 6.07) is 5.36. The van der Waals surface area contributed by atoms with Crippen molar-refractivity contribution in [3.05, 3.63) is 46.6 Å². The van der Waals surface area contributed by atoms with Crippen molar-refractivity contribution in [1.82, 2.24) is 4.90 Å². The molecule has 0 spiro atoms. The van der Waals surface area contributed by atoms with Crippen molar-refractivity contribution >= 4 is 22.9 Å². The van der Waals surface area contributed by atoms with Crippen LogP contribution in [0.1, 0.15) is 39.3 Å². The molecule has 0 fully saturated rings. The molecule has 27 heavy (non-hydrogen) atoms. The molecule has 1 aromatic carbocycles. The van der Waals surface area contributed by atoms with Gasteiger partial charge in [0.1, 0.15) is 11.5 Å². The zero-order valence-electron chi connectivity index (χ0n) is 16.0. The van der Waals surface area contributed by atoms with Gasteiger partial charge in [-0.25, -0.2) is 9.79 Å². The molecule has 7 heteroatoms. The second-order valence-electron chi connectivity index (χ2n) is 5.89. The lowest BCUT2D eigenvalue weighted by molar-refractivity contribution is -0.139. The molecule has 0 saturated heterocycles. The molecule has 0 aliphatic carbocycles. The van der Waals surface area contributed by atoms with E-state index in [9.17, 15) is 4.79 Å². The van der Waals surface area contributed by atoms with Crippen LogP contribution in [0.25, 0.3) is 0 Å². The van der Waals surface area contributed by atoms with Crippen LogP contribution >= 0.6 is 11.8 Å². The van der Waals surface area contributed by atoms with Gasteiger partial charge >= 0.3 is 5.97 Å². The molecule has 2 heterocycles. The number of fused-ring (bicyclic) bond motifs is 1. The molecule has 6 nitrogen and oxygen atoms in total. The van der Waals surface area contributed by atoms with Gasteiger partial charge in [-0.05, 0) is 45.2 Å². The lowest BCUT2D eigenvalue weighted by atomic mass is 9.94. The van der Waals surface area contributed by atoms with Crippen LogP contribution in [0.15, 0.2) is 46.1 Å². The van der Waals surface area contributed by atoms with E-state index >= 15 is 0 Å². The molecule has 0 radical (unpaired) electrons. The Balaban J connectivity index is 2.12. The van der Waals surface area contributed by atoms with E-state index in [2.05, 4.69) is 4.99 Å². The van der Waals surface area contributed by atoms with Crippen molar-refractivity contribution < 1.29 is 19.0 Å². The summed E-state index contributed by atoms with van der Waals surface area (Å²) in [6.07, 6.45) is 1.94. The average Bonchev–Trinajstić information content (AvgIpc) is 3.10. The summed E-state index contributed by atoms with van der Waals surface area (Å²) >= 11 is 1.53. The standard InChI is InChI=1S/C20H24N2O4S/c1-5-24-14-8-9-15(16(12-14)25-6-2)18-17(19(23)26-7-3)13(4)21-20-22(18)10-11-27-20/h8-12,18H,5-7H2,1-4H3. The number of aliphatic imine (C=N–C) groups is 1. The second kappa shape index (κ2) is 8.52. The van der Waals surface area contributed by atoms with E-state index in [1.165, 1.54) is 11.8 Å². The lowest BCUT2D eigenvalue weighted by Gasteiger charge is -2.34. The number of rotatable bonds is 7. The number of nitrogens with zero attached hydrogens (tertiary/aromatic N) is 2. The smallest absolute Gasteiger partial charge is 0.338 e. The van der Waals surface area contributed by atoms with Gasteiger partial charge in [-0.2, -0.15) is 0 Å². The van der Waals surface area contributed by atoms with Crippen molar-refractivity contribution in [1.29, 1.82) is 0 Å². The predicted molar refractivity (Wildman–Crippen MR) is 107 cm³/mol. The first kappa shape index (κ1) is 19.4. The molecule has 0 amide bonds. The van der Waals surface area contributed by atoms with Gasteiger partial charge in [0.15, 0.2) is 5.17 Å². The van der Waals surface area contributed by atoms with Crippen LogP contribution in [0, 0.1) is 0 Å². The highest BCUT2D eigenvalue weighted by Gasteiger charge is 2.39. The van der Waals surface area contributed by atoms with Crippen molar-refractivity contribution in [3.63, 3.8) is 0 Å². The largest absolute Gasteiger partial charge is 0.494 e. The van der Waals surface area contributed by atoms with Gasteiger partial charge in [0, 0.05) is 17.8 Å². The van der Waals surface area contributed by atoms with E-state index in [0.717, 1.165) is 16.5 Å². The summed E-state index contributed by atoms with van der Waals surface area (Å²) in [5.74, 6) is 1.07. The monoisotopic (exact) mass is 388 g/mol. The van der Waals surface area contributed by atoms with E-state index in [4.69, 9.17) is 14.2 Å². The number of amidine groups is 1. The minimum atomic E-state index is -0.361. The maximum atomic E-state index is 12.7. The Kier molecular flexibility index (Phi) is 6.11. The van der Waals surface area contributed by atoms with Crippen LogP contribution in [0.4, 0.5) is 0 Å². The average molecular weight is 388 g/mol. The maximum Gasteiger partial charge on any atom is 0.338 e. The fourth-order valence-corrected chi connectivity index (χ4v) is 3.95. The second-order valence-corrected chi connectivity index (χ2v) is 6.77. The van der Waals surface area contributed by atoms with Crippen LogP contribution in [0.5, 0.6) is 11.5 Å². The zero-order valence-corrected chi connectivity index (χ0v) is 16.8. The van der Waals surface area contributed by atoms with E-state index in [0.29, 0.717) is 36.8 Å². The number of allylic oxidation sites excluding steroid dienone is 1. The van der Waals surface area contributed by atoms with E-state index in [1.807, 2.05) is 55.5 Å². The third-order valence-corrected chi connectivity index (χ3v) is 4.98. The van der Waals surface area contributed by atoms with Gasteiger partial charge in [-0.3, -0.25) is 0 Å². The van der Waals surface area contributed by atoms with Gasteiger partial charge in [-0.1, -0.05) is 11.8 Å². The summed E-state index contributed by atoms with van der Waals surface area (Å²) in [5, 5.41) is 2.80. The van der Waals surface area contributed by atoms with Gasteiger partial charge < -0.3 is 19.1 Å². The number of benzene rings is 1. The van der Waals surface area contributed by atoms with Crippen LogP contribution in [-0.4, -0.2) is 35.9 Å². The quantitative estimate of drug-likeness (QED) is 0.651. The molecule has 2 aliphatic rings. The lowest BCUT2D eigenvalue weighted by Crippen LogP contribution is -2.34. The zero-order chi connectivity index (χ0) is 19.4. The summed E-state index contributed by atoms with van der Waals surface area (Å²) in [4.78, 5) is 19.3. The fourth-order valence-electron chi connectivity index (χ4n) is 3.15. The molecule has 1 unspecified atom stereocenters. The molecular weight excluding hydrogens is 364 g/mol. The Bertz CT molecular complexity index is 816. The molecule has 1 aromatic rings. The molecule has 2 aliphatic heterocycles. The summed E-state index contributed by atoms with van der Waals surface area (Å²) in [7, 11) is 0. The first-order valence-electron chi connectivity index (χ1n) is 9.08. The highest BCUT2D eigenvalue weighted by molar-refractivity contribution is 8.16. The molecule has 0 aromatic heterocycles. The van der Waals surface area contributed by atoms with Crippen molar-refractivity contribution in [2.45, 2.75) is 33.7 Å². The predicted octanol–water partition coefficient (Wildman–Crippen LogP) is 4.25. The molecule has 0 saturated carbocycles. The Labute approximate surface area is 163 Å². The number of thioether (sulfide) groups is 1. The highest BCUT2D eigenvalue weighted by atomic mass is 32.2. The molecule has 3 rings (SSSR count). The minimum absolute atomic E-state index is 0.311. The van der Waals surface area contributed by atoms with Crippen molar-refractivity contribution in [3.8, 4) is 11.5 Å². The fraction of sp³-hybridized carbons (Fsp3) is 0.400. The topological polar surface area (TPSA) is 60.4 Å². The number of carbonyl (C=O) groups excluding carboxylic acids is 1. The summed E-state index contributed by atoms with van der Waals surface area (Å²) in [6.45, 7) is 8.91. The van der Waals surface area contributed by atoms with E-state index in [1.54, 1.807) is 6.92 Å². The Hall–Kier alpha value is -2.41. The first-order chi connectivity index (χ1) is 13.1. The van der Waals surface area contributed by atoms with Crippen LogP contribution in [0.2, 0.25) is 0 Å². The Morgan fingerprint density at radius 2 is 1.96 bits per heavy atom. The third-order valence-electron chi connectivity index (χ3n) is 4.21. The van der Waals surface area contributed by atoms with E-state index < -0.39 is 0 Å². The van der Waals surface area contributed by atoms with Crippen molar-refractivity contribution in [2.75, 3.05) is 19.8 Å². The molecule has 0 bridgehead atoms. The third kappa shape index (κ3) is 3.83.